The van der Waals surface area contributed by atoms with Gasteiger partial charge in [-0.1, -0.05) is 0 Å². The van der Waals surface area contributed by atoms with Crippen LogP contribution in [0.1, 0.15) is 32.6 Å². The van der Waals surface area contributed by atoms with Crippen LogP contribution in [0.3, 0.4) is 0 Å². The molecule has 1 aliphatic heterocycles. The number of Topliss-reactive ketones (excluding diaryl/α,β-unsaturated/α-hetero) is 1. The highest BCUT2D eigenvalue weighted by Gasteiger charge is 2.49. The van der Waals surface area contributed by atoms with Gasteiger partial charge in [0.05, 0.1) is 18.8 Å². The first-order chi connectivity index (χ1) is 7.51. The molecule has 1 aliphatic carbocycles. The molecule has 0 N–H and O–H groups in total. The lowest BCUT2D eigenvalue weighted by Crippen LogP contribution is -2.55. The van der Waals surface area contributed by atoms with Crippen molar-refractivity contribution in [2.24, 2.45) is 0 Å². The molecule has 0 aromatic heterocycles. The average Bonchev–Trinajstić information content (AvgIpc) is 2.67. The topological polar surface area (TPSA) is 38.8 Å². The van der Waals surface area contributed by atoms with Gasteiger partial charge in [0.2, 0.25) is 0 Å². The molecule has 4 nitrogen and oxygen atoms in total. The second-order valence-electron chi connectivity index (χ2n) is 5.09. The Hall–Kier alpha value is -0.450. The summed E-state index contributed by atoms with van der Waals surface area (Å²) < 4.78 is 11.4. The third-order valence-electron chi connectivity index (χ3n) is 4.16. The number of rotatable bonds is 2. The van der Waals surface area contributed by atoms with E-state index in [1.807, 2.05) is 14.1 Å². The summed E-state index contributed by atoms with van der Waals surface area (Å²) in [4.78, 5) is 13.9. The predicted molar refractivity (Wildman–Crippen MR) is 60.2 cm³/mol. The smallest absolute Gasteiger partial charge is 0.168 e. The number of carbonyl (C=O) groups excluding carboxylic acids is 1. The summed E-state index contributed by atoms with van der Waals surface area (Å²) >= 11 is 0. The van der Waals surface area contributed by atoms with Crippen molar-refractivity contribution in [3.63, 3.8) is 0 Å². The van der Waals surface area contributed by atoms with E-state index in [0.717, 1.165) is 25.7 Å². The Kier molecular flexibility index (Phi) is 3.07. The van der Waals surface area contributed by atoms with Crippen molar-refractivity contribution in [2.45, 2.75) is 43.9 Å². The van der Waals surface area contributed by atoms with Crippen molar-refractivity contribution in [1.82, 2.24) is 4.90 Å². The third-order valence-corrected chi connectivity index (χ3v) is 4.16. The van der Waals surface area contributed by atoms with E-state index in [4.69, 9.17) is 9.47 Å². The molecule has 0 radical (unpaired) electrons. The Labute approximate surface area is 96.9 Å². The molecule has 16 heavy (non-hydrogen) atoms. The second-order valence-corrected chi connectivity index (χ2v) is 5.09. The Morgan fingerprint density at radius 3 is 1.94 bits per heavy atom. The molecule has 1 spiro atoms. The standard InChI is InChI=1S/C12H21NO3/c1-10(14)11(13(2)3)4-6-12(7-5-11)15-8-9-16-12/h4-9H2,1-3H3. The van der Waals surface area contributed by atoms with Crippen molar-refractivity contribution in [2.75, 3.05) is 27.3 Å². The van der Waals surface area contributed by atoms with E-state index in [0.29, 0.717) is 13.2 Å². The fourth-order valence-corrected chi connectivity index (χ4v) is 2.94. The summed E-state index contributed by atoms with van der Waals surface area (Å²) in [5.74, 6) is -0.125. The number of ketones is 1. The predicted octanol–water partition coefficient (Wildman–Crippen LogP) is 1.19. The van der Waals surface area contributed by atoms with Gasteiger partial charge in [-0.3, -0.25) is 9.69 Å². The van der Waals surface area contributed by atoms with Crippen LogP contribution in [0.4, 0.5) is 0 Å². The number of likely N-dealkylation sites (N-methyl/N-ethyl adjacent to an activating group) is 1. The monoisotopic (exact) mass is 227 g/mol. The van der Waals surface area contributed by atoms with Gasteiger partial charge in [-0.15, -0.1) is 0 Å². The molecule has 0 unspecified atom stereocenters. The van der Waals surface area contributed by atoms with E-state index in [2.05, 4.69) is 4.90 Å². The second kappa shape index (κ2) is 4.09. The van der Waals surface area contributed by atoms with Crippen molar-refractivity contribution < 1.29 is 14.3 Å². The number of carbonyl (C=O) groups is 1. The van der Waals surface area contributed by atoms with Crippen LogP contribution < -0.4 is 0 Å². The van der Waals surface area contributed by atoms with Crippen LogP contribution in [-0.2, 0) is 14.3 Å². The summed E-state index contributed by atoms with van der Waals surface area (Å²) in [5.41, 5.74) is -0.305. The molecule has 1 heterocycles. The lowest BCUT2D eigenvalue weighted by Gasteiger charge is -2.45. The number of hydrogen-bond donors (Lipinski definition) is 0. The molecular weight excluding hydrogens is 206 g/mol. The zero-order valence-electron chi connectivity index (χ0n) is 10.4. The maximum absolute atomic E-state index is 11.8. The Morgan fingerprint density at radius 2 is 1.56 bits per heavy atom. The van der Waals surface area contributed by atoms with Crippen LogP contribution in [-0.4, -0.2) is 49.3 Å². The van der Waals surface area contributed by atoms with Crippen LogP contribution in [0, 0.1) is 0 Å². The van der Waals surface area contributed by atoms with Crippen LogP contribution >= 0.6 is 0 Å². The lowest BCUT2D eigenvalue weighted by molar-refractivity contribution is -0.192. The van der Waals surface area contributed by atoms with Crippen molar-refractivity contribution in [3.8, 4) is 0 Å². The highest BCUT2D eigenvalue weighted by molar-refractivity contribution is 5.86. The average molecular weight is 227 g/mol. The quantitative estimate of drug-likeness (QED) is 0.710. The summed E-state index contributed by atoms with van der Waals surface area (Å²) in [7, 11) is 3.96. The molecule has 0 aromatic rings. The number of nitrogens with zero attached hydrogens (tertiary/aromatic N) is 1. The largest absolute Gasteiger partial charge is 0.348 e. The van der Waals surface area contributed by atoms with Gasteiger partial charge in [0.25, 0.3) is 0 Å². The summed E-state index contributed by atoms with van der Waals surface area (Å²) in [6.45, 7) is 3.07. The van der Waals surface area contributed by atoms with Crippen molar-refractivity contribution in [3.05, 3.63) is 0 Å². The van der Waals surface area contributed by atoms with E-state index >= 15 is 0 Å². The van der Waals surface area contributed by atoms with Gasteiger partial charge in [-0.05, 0) is 33.9 Å². The summed E-state index contributed by atoms with van der Waals surface area (Å²) in [6.07, 6.45) is 3.31. The Balaban J connectivity index is 2.09. The molecule has 0 atom stereocenters. The van der Waals surface area contributed by atoms with Gasteiger partial charge in [0.1, 0.15) is 5.78 Å². The van der Waals surface area contributed by atoms with E-state index in [1.54, 1.807) is 6.92 Å². The summed E-state index contributed by atoms with van der Waals surface area (Å²) in [6, 6.07) is 0. The van der Waals surface area contributed by atoms with Crippen LogP contribution in [0.2, 0.25) is 0 Å². The molecule has 1 saturated carbocycles. The zero-order valence-corrected chi connectivity index (χ0v) is 10.4. The minimum atomic E-state index is -0.380. The number of ether oxygens (including phenoxy) is 2. The van der Waals surface area contributed by atoms with Gasteiger partial charge in [-0.2, -0.15) is 0 Å². The van der Waals surface area contributed by atoms with Gasteiger partial charge in [-0.25, -0.2) is 0 Å². The minimum absolute atomic E-state index is 0.255. The van der Waals surface area contributed by atoms with Gasteiger partial charge in [0, 0.05) is 12.8 Å². The molecule has 2 rings (SSSR count). The fraction of sp³-hybridized carbons (Fsp3) is 0.917. The highest BCUT2D eigenvalue weighted by atomic mass is 16.7. The molecule has 1 saturated heterocycles. The third kappa shape index (κ3) is 1.79. The Morgan fingerprint density at radius 1 is 1.06 bits per heavy atom. The maximum atomic E-state index is 11.8. The van der Waals surface area contributed by atoms with Gasteiger partial charge >= 0.3 is 0 Å². The first-order valence-electron chi connectivity index (χ1n) is 5.97. The van der Waals surface area contributed by atoms with E-state index in [9.17, 15) is 4.79 Å². The highest BCUT2D eigenvalue weighted by Crippen LogP contribution is 2.42. The zero-order chi connectivity index (χ0) is 11.8. The number of hydrogen-bond acceptors (Lipinski definition) is 4. The van der Waals surface area contributed by atoms with Gasteiger partial charge < -0.3 is 9.47 Å². The molecule has 92 valence electrons. The van der Waals surface area contributed by atoms with E-state index in [1.165, 1.54) is 0 Å². The first kappa shape index (κ1) is 12.0. The van der Waals surface area contributed by atoms with Crippen molar-refractivity contribution >= 4 is 5.78 Å². The first-order valence-corrected chi connectivity index (χ1v) is 5.97. The SMILES string of the molecule is CC(=O)C1(N(C)C)CCC2(CC1)OCCO2. The minimum Gasteiger partial charge on any atom is -0.348 e. The molecule has 4 heteroatoms. The van der Waals surface area contributed by atoms with E-state index < -0.39 is 0 Å². The molecular formula is C12H21NO3. The lowest BCUT2D eigenvalue weighted by atomic mass is 9.75. The maximum Gasteiger partial charge on any atom is 0.168 e. The van der Waals surface area contributed by atoms with Crippen LogP contribution in [0.5, 0.6) is 0 Å². The molecule has 0 bridgehead atoms. The van der Waals surface area contributed by atoms with Crippen molar-refractivity contribution in [1.29, 1.82) is 0 Å². The summed E-state index contributed by atoms with van der Waals surface area (Å²) in [5, 5.41) is 0. The molecule has 0 aromatic carbocycles. The van der Waals surface area contributed by atoms with Gasteiger partial charge in [0.15, 0.2) is 5.79 Å². The fourth-order valence-electron chi connectivity index (χ4n) is 2.94. The Bertz CT molecular complexity index is 272. The normalized spacial score (nSPS) is 27.5. The van der Waals surface area contributed by atoms with Crippen LogP contribution in [0.15, 0.2) is 0 Å². The molecule has 2 aliphatic rings. The molecule has 0 amide bonds. The van der Waals surface area contributed by atoms with Crippen LogP contribution in [0.25, 0.3) is 0 Å². The van der Waals surface area contributed by atoms with E-state index in [-0.39, 0.29) is 17.1 Å². The molecule has 2 fully saturated rings.